The van der Waals surface area contributed by atoms with Gasteiger partial charge in [0.15, 0.2) is 0 Å². The number of imidazole rings is 1. The van der Waals surface area contributed by atoms with E-state index in [1.165, 1.54) is 0 Å². The van der Waals surface area contributed by atoms with Crippen molar-refractivity contribution in [2.45, 2.75) is 32.2 Å². The molecule has 0 aliphatic carbocycles. The molecule has 3 rings (SSSR count). The van der Waals surface area contributed by atoms with Crippen molar-refractivity contribution >= 4 is 28.5 Å². The summed E-state index contributed by atoms with van der Waals surface area (Å²) >= 11 is 5.88. The zero-order chi connectivity index (χ0) is 16.9. The van der Waals surface area contributed by atoms with Crippen LogP contribution in [0.25, 0.3) is 11.0 Å². The minimum atomic E-state index is -0.0269. The molecule has 5 heteroatoms. The molecule has 124 valence electrons. The number of aryl methyl sites for hydroxylation is 1. The van der Waals surface area contributed by atoms with E-state index >= 15 is 0 Å². The number of carbonyl (C=O) groups is 1. The molecule has 0 fully saturated rings. The lowest BCUT2D eigenvalue weighted by atomic mass is 10.1. The predicted octanol–water partition coefficient (Wildman–Crippen LogP) is 4.42. The lowest BCUT2D eigenvalue weighted by Crippen LogP contribution is -2.26. The largest absolute Gasteiger partial charge is 0.350 e. The first-order valence-electron chi connectivity index (χ1n) is 8.10. The number of nitrogens with zero attached hydrogens (tertiary/aromatic N) is 1. The highest BCUT2D eigenvalue weighted by Crippen LogP contribution is 2.16. The van der Waals surface area contributed by atoms with Gasteiger partial charge in [-0.1, -0.05) is 35.9 Å². The number of fused-ring (bicyclic) bond motifs is 1. The van der Waals surface area contributed by atoms with Crippen LogP contribution >= 0.6 is 11.6 Å². The Morgan fingerprint density at radius 3 is 2.71 bits per heavy atom. The third kappa shape index (κ3) is 4.15. The van der Waals surface area contributed by atoms with E-state index in [4.69, 9.17) is 11.6 Å². The predicted molar refractivity (Wildman–Crippen MR) is 97.0 cm³/mol. The second-order valence-corrected chi connectivity index (χ2v) is 6.33. The van der Waals surface area contributed by atoms with E-state index in [9.17, 15) is 4.79 Å². The van der Waals surface area contributed by atoms with Crippen LogP contribution in [-0.4, -0.2) is 15.9 Å². The number of halogens is 1. The number of para-hydroxylation sites is 2. The molecule has 24 heavy (non-hydrogen) atoms. The molecule has 0 spiro atoms. The fraction of sp³-hybridized carbons (Fsp3) is 0.263. The Kier molecular flexibility index (Phi) is 5.16. The fourth-order valence-electron chi connectivity index (χ4n) is 2.69. The Hall–Kier alpha value is -2.33. The lowest BCUT2D eigenvalue weighted by Gasteiger charge is -2.14. The molecule has 2 aromatic carbocycles. The van der Waals surface area contributed by atoms with E-state index < -0.39 is 0 Å². The highest BCUT2D eigenvalue weighted by atomic mass is 35.5. The van der Waals surface area contributed by atoms with Crippen LogP contribution in [0.5, 0.6) is 0 Å². The van der Waals surface area contributed by atoms with Crippen molar-refractivity contribution in [1.82, 2.24) is 15.3 Å². The summed E-state index contributed by atoms with van der Waals surface area (Å²) in [4.78, 5) is 19.9. The molecule has 0 bridgehead atoms. The Labute approximate surface area is 146 Å². The Balaban J connectivity index is 1.47. The van der Waals surface area contributed by atoms with Crippen molar-refractivity contribution in [2.75, 3.05) is 0 Å². The molecule has 1 amide bonds. The fourth-order valence-corrected chi connectivity index (χ4v) is 2.81. The van der Waals surface area contributed by atoms with Crippen LogP contribution in [0.3, 0.4) is 0 Å². The summed E-state index contributed by atoms with van der Waals surface area (Å²) in [6.45, 7) is 1.97. The summed E-state index contributed by atoms with van der Waals surface area (Å²) < 4.78 is 0. The van der Waals surface area contributed by atoms with Gasteiger partial charge >= 0.3 is 0 Å². The number of hydrogen-bond donors (Lipinski definition) is 2. The third-order valence-corrected chi connectivity index (χ3v) is 4.26. The monoisotopic (exact) mass is 341 g/mol. The summed E-state index contributed by atoms with van der Waals surface area (Å²) in [7, 11) is 0. The molecule has 1 aromatic heterocycles. The molecule has 0 aliphatic heterocycles. The van der Waals surface area contributed by atoms with Crippen LogP contribution in [0.15, 0.2) is 48.5 Å². The van der Waals surface area contributed by atoms with Crippen molar-refractivity contribution in [3.05, 3.63) is 64.9 Å². The molecule has 0 radical (unpaired) electrons. The topological polar surface area (TPSA) is 57.8 Å². The number of H-pyrrole nitrogens is 1. The van der Waals surface area contributed by atoms with E-state index in [-0.39, 0.29) is 11.9 Å². The molecule has 1 heterocycles. The summed E-state index contributed by atoms with van der Waals surface area (Å²) in [6, 6.07) is 15.4. The molecule has 0 saturated heterocycles. The maximum atomic E-state index is 12.1. The average molecular weight is 342 g/mol. The van der Waals surface area contributed by atoms with Crippen molar-refractivity contribution in [3.8, 4) is 0 Å². The summed E-state index contributed by atoms with van der Waals surface area (Å²) in [5.74, 6) is 0.975. The van der Waals surface area contributed by atoms with Gasteiger partial charge in [0.2, 0.25) is 5.91 Å². The summed E-state index contributed by atoms with van der Waals surface area (Å²) in [5, 5.41) is 3.71. The normalized spacial score (nSPS) is 12.2. The van der Waals surface area contributed by atoms with Crippen LogP contribution in [0.4, 0.5) is 0 Å². The maximum Gasteiger partial charge on any atom is 0.220 e. The van der Waals surface area contributed by atoms with Gasteiger partial charge in [-0.3, -0.25) is 4.79 Å². The number of aromatic amines is 1. The molecule has 4 nitrogen and oxygen atoms in total. The number of amides is 1. The van der Waals surface area contributed by atoms with E-state index in [0.717, 1.165) is 35.3 Å². The maximum absolute atomic E-state index is 12.1. The molecule has 2 N–H and O–H groups in total. The number of rotatable bonds is 6. The first-order chi connectivity index (χ1) is 11.6. The van der Waals surface area contributed by atoms with Crippen molar-refractivity contribution in [3.63, 3.8) is 0 Å². The van der Waals surface area contributed by atoms with Gasteiger partial charge in [-0.25, -0.2) is 4.98 Å². The number of nitrogens with one attached hydrogen (secondary N) is 2. The number of carbonyl (C=O) groups excluding carboxylic acids is 1. The molecule has 0 aliphatic rings. The quantitative estimate of drug-likeness (QED) is 0.697. The first-order valence-corrected chi connectivity index (χ1v) is 8.48. The second kappa shape index (κ2) is 7.49. The van der Waals surface area contributed by atoms with Gasteiger partial charge < -0.3 is 10.3 Å². The standard InChI is InChI=1S/C19H20ClN3O/c1-13(14-9-11-15(20)12-10-14)21-19(24)8-4-7-18-22-16-5-2-3-6-17(16)23-18/h2-3,5-6,9-13H,4,7-8H2,1H3,(H,21,24)(H,22,23)/t13-/m0/s1. The van der Waals surface area contributed by atoms with Crippen LogP contribution in [0.1, 0.15) is 37.2 Å². The molecular weight excluding hydrogens is 322 g/mol. The smallest absolute Gasteiger partial charge is 0.220 e. The second-order valence-electron chi connectivity index (χ2n) is 5.89. The Morgan fingerprint density at radius 2 is 1.96 bits per heavy atom. The summed E-state index contributed by atoms with van der Waals surface area (Å²) in [6.07, 6.45) is 2.01. The number of aromatic nitrogens is 2. The van der Waals surface area contributed by atoms with E-state index in [0.29, 0.717) is 11.4 Å². The van der Waals surface area contributed by atoms with Gasteiger partial charge in [0.1, 0.15) is 5.82 Å². The SMILES string of the molecule is C[C@H](NC(=O)CCCc1nc2ccccc2[nH]1)c1ccc(Cl)cc1. The average Bonchev–Trinajstić information content (AvgIpc) is 2.98. The van der Waals surface area contributed by atoms with Gasteiger partial charge in [0.05, 0.1) is 17.1 Å². The summed E-state index contributed by atoms with van der Waals surface area (Å²) in [5.41, 5.74) is 3.05. The minimum Gasteiger partial charge on any atom is -0.350 e. The highest BCUT2D eigenvalue weighted by Gasteiger charge is 2.10. The third-order valence-electron chi connectivity index (χ3n) is 4.00. The van der Waals surface area contributed by atoms with Gasteiger partial charge in [-0.05, 0) is 43.2 Å². The Morgan fingerprint density at radius 1 is 1.21 bits per heavy atom. The number of hydrogen-bond acceptors (Lipinski definition) is 2. The van der Waals surface area contributed by atoms with E-state index in [2.05, 4.69) is 15.3 Å². The van der Waals surface area contributed by atoms with Gasteiger partial charge in [-0.2, -0.15) is 0 Å². The van der Waals surface area contributed by atoms with E-state index in [1.54, 1.807) is 0 Å². The van der Waals surface area contributed by atoms with Crippen LogP contribution in [-0.2, 0) is 11.2 Å². The molecule has 0 unspecified atom stereocenters. The van der Waals surface area contributed by atoms with Crippen LogP contribution < -0.4 is 5.32 Å². The molecule has 3 aromatic rings. The molecule has 0 saturated carbocycles. The molecular formula is C19H20ClN3O. The van der Waals surface area contributed by atoms with Crippen LogP contribution in [0, 0.1) is 0 Å². The van der Waals surface area contributed by atoms with Crippen molar-refractivity contribution in [2.24, 2.45) is 0 Å². The number of benzene rings is 2. The van der Waals surface area contributed by atoms with E-state index in [1.807, 2.05) is 55.5 Å². The lowest BCUT2D eigenvalue weighted by molar-refractivity contribution is -0.121. The van der Waals surface area contributed by atoms with Crippen LogP contribution in [0.2, 0.25) is 5.02 Å². The molecule has 1 atom stereocenters. The highest BCUT2D eigenvalue weighted by molar-refractivity contribution is 6.30. The minimum absolute atomic E-state index is 0.0269. The zero-order valence-electron chi connectivity index (χ0n) is 13.6. The van der Waals surface area contributed by atoms with Crippen molar-refractivity contribution in [1.29, 1.82) is 0 Å². The zero-order valence-corrected chi connectivity index (χ0v) is 14.3. The Bertz CT molecular complexity index is 793. The van der Waals surface area contributed by atoms with Crippen molar-refractivity contribution < 1.29 is 4.79 Å². The first kappa shape index (κ1) is 16.5. The van der Waals surface area contributed by atoms with Gasteiger partial charge in [0.25, 0.3) is 0 Å². The van der Waals surface area contributed by atoms with Gasteiger partial charge in [0, 0.05) is 17.9 Å². The van der Waals surface area contributed by atoms with Gasteiger partial charge in [-0.15, -0.1) is 0 Å².